The van der Waals surface area contributed by atoms with Crippen LogP contribution in [0.25, 0.3) is 0 Å². The van der Waals surface area contributed by atoms with Crippen LogP contribution in [0, 0.1) is 0 Å². The smallest absolute Gasteiger partial charge is 0.303 e. The number of nitrogens with two attached hydrogens (primary N) is 1. The molecule has 3 N–H and O–H groups in total. The summed E-state index contributed by atoms with van der Waals surface area (Å²) in [6.45, 7) is 0. The molecule has 1 aromatic carbocycles. The number of rotatable bonds is 4. The van der Waals surface area contributed by atoms with E-state index in [9.17, 15) is 9.59 Å². The van der Waals surface area contributed by atoms with E-state index in [4.69, 9.17) is 10.8 Å². The van der Waals surface area contributed by atoms with Crippen molar-refractivity contribution < 1.29 is 14.7 Å². The molecule has 0 aliphatic rings. The van der Waals surface area contributed by atoms with Gasteiger partial charge in [-0.1, -0.05) is 0 Å². The largest absolute Gasteiger partial charge is 0.481 e. The molecule has 0 unspecified atom stereocenters. The molecule has 0 bridgehead atoms. The zero-order valence-electron chi connectivity index (χ0n) is 7.97. The van der Waals surface area contributed by atoms with Crippen molar-refractivity contribution in [3.8, 4) is 0 Å². The summed E-state index contributed by atoms with van der Waals surface area (Å²) in [5, 5.41) is 8.38. The molecule has 0 fully saturated rings. The number of carboxylic acid groups (broad SMARTS) is 1. The topological polar surface area (TPSA) is 80.4 Å². The van der Waals surface area contributed by atoms with Crippen molar-refractivity contribution in [1.82, 2.24) is 0 Å². The molecule has 82 valence electrons. The third kappa shape index (κ3) is 4.46. The summed E-state index contributed by atoms with van der Waals surface area (Å²) in [4.78, 5) is 21.6. The Hall–Kier alpha value is -1.55. The number of Topliss-reactive ketones (excluding diaryl/α,β-unsaturated/α-hetero) is 1. The van der Waals surface area contributed by atoms with E-state index in [-0.39, 0.29) is 31.0 Å². The number of benzene rings is 1. The number of carbonyl (C=O) groups excluding carboxylic acids is 1. The molecule has 0 amide bonds. The van der Waals surface area contributed by atoms with Crippen molar-refractivity contribution in [1.29, 1.82) is 0 Å². The van der Waals surface area contributed by atoms with Crippen LogP contribution in [0.3, 0.4) is 0 Å². The minimum Gasteiger partial charge on any atom is -0.481 e. The van der Waals surface area contributed by atoms with Gasteiger partial charge in [-0.3, -0.25) is 9.59 Å². The number of carbonyl (C=O) groups is 2. The maximum atomic E-state index is 11.4. The molecule has 0 atom stereocenters. The standard InChI is InChI=1S/C10H11NO3.ClH/c11-8-3-1-7(2-4-8)9(12)5-6-10(13)14;/h1-4H,5-6,11H2,(H,13,14);1H. The number of hydrogen-bond acceptors (Lipinski definition) is 3. The quantitative estimate of drug-likeness (QED) is 0.609. The molecule has 1 rings (SSSR count). The molecule has 0 saturated carbocycles. The van der Waals surface area contributed by atoms with Gasteiger partial charge in [-0.15, -0.1) is 12.4 Å². The van der Waals surface area contributed by atoms with Crippen LogP contribution in [0.1, 0.15) is 23.2 Å². The molecule has 0 saturated heterocycles. The van der Waals surface area contributed by atoms with E-state index < -0.39 is 5.97 Å². The first-order chi connectivity index (χ1) is 6.59. The number of ketones is 1. The summed E-state index contributed by atoms with van der Waals surface area (Å²) in [6, 6.07) is 6.43. The van der Waals surface area contributed by atoms with Crippen molar-refractivity contribution >= 4 is 29.8 Å². The van der Waals surface area contributed by atoms with Gasteiger partial charge in [0.2, 0.25) is 0 Å². The van der Waals surface area contributed by atoms with Gasteiger partial charge in [-0.25, -0.2) is 0 Å². The van der Waals surface area contributed by atoms with Crippen LogP contribution in [0.4, 0.5) is 5.69 Å². The van der Waals surface area contributed by atoms with Gasteiger partial charge in [0.05, 0.1) is 6.42 Å². The summed E-state index contributed by atoms with van der Waals surface area (Å²) in [7, 11) is 0. The summed E-state index contributed by atoms with van der Waals surface area (Å²) in [5.41, 5.74) is 6.53. The van der Waals surface area contributed by atoms with Crippen LogP contribution in [0.2, 0.25) is 0 Å². The number of anilines is 1. The third-order valence-electron chi connectivity index (χ3n) is 1.80. The predicted octanol–water partition coefficient (Wildman–Crippen LogP) is 1.74. The summed E-state index contributed by atoms with van der Waals surface area (Å²) < 4.78 is 0. The predicted molar refractivity (Wildman–Crippen MR) is 59.3 cm³/mol. The van der Waals surface area contributed by atoms with Gasteiger partial charge >= 0.3 is 5.97 Å². The zero-order chi connectivity index (χ0) is 10.6. The Bertz CT molecular complexity index is 348. The Kier molecular flexibility index (Phi) is 5.41. The van der Waals surface area contributed by atoms with Gasteiger partial charge in [0.1, 0.15) is 0 Å². The van der Waals surface area contributed by atoms with Crippen LogP contribution in [-0.4, -0.2) is 16.9 Å². The fourth-order valence-electron chi connectivity index (χ4n) is 1.03. The number of carboxylic acids is 1. The first kappa shape index (κ1) is 13.4. The number of aliphatic carboxylic acids is 1. The lowest BCUT2D eigenvalue weighted by molar-refractivity contribution is -0.136. The van der Waals surface area contributed by atoms with Crippen molar-refractivity contribution in [2.75, 3.05) is 5.73 Å². The summed E-state index contributed by atoms with van der Waals surface area (Å²) in [5.74, 6) is -1.14. The highest BCUT2D eigenvalue weighted by molar-refractivity contribution is 5.97. The van der Waals surface area contributed by atoms with E-state index >= 15 is 0 Å². The highest BCUT2D eigenvalue weighted by Gasteiger charge is 2.07. The van der Waals surface area contributed by atoms with Gasteiger partial charge in [0.25, 0.3) is 0 Å². The molecule has 15 heavy (non-hydrogen) atoms. The lowest BCUT2D eigenvalue weighted by atomic mass is 10.1. The monoisotopic (exact) mass is 229 g/mol. The van der Waals surface area contributed by atoms with Crippen LogP contribution in [-0.2, 0) is 4.79 Å². The van der Waals surface area contributed by atoms with Crippen LogP contribution in [0.5, 0.6) is 0 Å². The third-order valence-corrected chi connectivity index (χ3v) is 1.80. The SMILES string of the molecule is Cl.Nc1ccc(C(=O)CCC(=O)O)cc1. The van der Waals surface area contributed by atoms with Crippen LogP contribution < -0.4 is 5.73 Å². The molecule has 5 heteroatoms. The Labute approximate surface area is 93.5 Å². The maximum Gasteiger partial charge on any atom is 0.303 e. The first-order valence-corrected chi connectivity index (χ1v) is 4.20. The number of nitrogen functional groups attached to an aromatic ring is 1. The summed E-state index contributed by atoms with van der Waals surface area (Å²) >= 11 is 0. The summed E-state index contributed by atoms with van der Waals surface area (Å²) in [6.07, 6.45) is -0.109. The van der Waals surface area contributed by atoms with Gasteiger partial charge in [-0.05, 0) is 24.3 Å². The molecule has 0 heterocycles. The van der Waals surface area contributed by atoms with Crippen molar-refractivity contribution in [2.45, 2.75) is 12.8 Å². The number of hydrogen-bond donors (Lipinski definition) is 2. The lowest BCUT2D eigenvalue weighted by Crippen LogP contribution is -2.03. The van der Waals surface area contributed by atoms with E-state index in [0.29, 0.717) is 11.3 Å². The highest BCUT2D eigenvalue weighted by atomic mass is 35.5. The van der Waals surface area contributed by atoms with E-state index in [1.807, 2.05) is 0 Å². The van der Waals surface area contributed by atoms with Gasteiger partial charge < -0.3 is 10.8 Å². The molecule has 4 nitrogen and oxygen atoms in total. The average Bonchev–Trinajstić information content (AvgIpc) is 2.15. The maximum absolute atomic E-state index is 11.4. The van der Waals surface area contributed by atoms with Crippen molar-refractivity contribution in [3.05, 3.63) is 29.8 Å². The minimum absolute atomic E-state index is 0. The van der Waals surface area contributed by atoms with Gasteiger partial charge in [0, 0.05) is 17.7 Å². The molecular weight excluding hydrogens is 218 g/mol. The van der Waals surface area contributed by atoms with Gasteiger partial charge in [0.15, 0.2) is 5.78 Å². The molecule has 1 aromatic rings. The first-order valence-electron chi connectivity index (χ1n) is 4.20. The Morgan fingerprint density at radius 3 is 2.13 bits per heavy atom. The fourth-order valence-corrected chi connectivity index (χ4v) is 1.03. The molecular formula is C10H12ClNO3. The van der Waals surface area contributed by atoms with Crippen LogP contribution >= 0.6 is 12.4 Å². The minimum atomic E-state index is -0.964. The Morgan fingerprint density at radius 1 is 1.13 bits per heavy atom. The van der Waals surface area contributed by atoms with E-state index in [2.05, 4.69) is 0 Å². The molecule has 0 radical (unpaired) electrons. The Balaban J connectivity index is 0.00000196. The van der Waals surface area contributed by atoms with E-state index in [1.54, 1.807) is 24.3 Å². The second kappa shape index (κ2) is 6.03. The second-order valence-electron chi connectivity index (χ2n) is 2.94. The van der Waals surface area contributed by atoms with Crippen LogP contribution in [0.15, 0.2) is 24.3 Å². The number of halogens is 1. The molecule has 0 aliphatic carbocycles. The normalized spacial score (nSPS) is 9.07. The molecule has 0 aliphatic heterocycles. The zero-order valence-corrected chi connectivity index (χ0v) is 8.79. The molecule has 0 aromatic heterocycles. The average molecular weight is 230 g/mol. The van der Waals surface area contributed by atoms with E-state index in [1.165, 1.54) is 0 Å². The van der Waals surface area contributed by atoms with Crippen molar-refractivity contribution in [3.63, 3.8) is 0 Å². The Morgan fingerprint density at radius 2 is 1.67 bits per heavy atom. The van der Waals surface area contributed by atoms with E-state index in [0.717, 1.165) is 0 Å². The van der Waals surface area contributed by atoms with Crippen molar-refractivity contribution in [2.24, 2.45) is 0 Å². The molecule has 0 spiro atoms. The fraction of sp³-hybridized carbons (Fsp3) is 0.200. The second-order valence-corrected chi connectivity index (χ2v) is 2.94. The lowest BCUT2D eigenvalue weighted by Gasteiger charge is -1.99. The van der Waals surface area contributed by atoms with Gasteiger partial charge in [-0.2, -0.15) is 0 Å². The highest BCUT2D eigenvalue weighted by Crippen LogP contribution is 2.08.